The number of nitrogens with zero attached hydrogens (tertiary/aromatic N) is 2. The van der Waals surface area contributed by atoms with E-state index in [1.54, 1.807) is 0 Å². The molecule has 0 bridgehead atoms. The highest BCUT2D eigenvalue weighted by atomic mass is 16.5. The first-order valence-electron chi connectivity index (χ1n) is 6.57. The lowest BCUT2D eigenvalue weighted by molar-refractivity contribution is -0.0895. The summed E-state index contributed by atoms with van der Waals surface area (Å²) in [5.41, 5.74) is 0.916. The van der Waals surface area contributed by atoms with E-state index in [4.69, 9.17) is 9.47 Å². The molecule has 4 nitrogen and oxygen atoms in total. The van der Waals surface area contributed by atoms with Crippen molar-refractivity contribution in [3.8, 4) is 11.8 Å². The number of rotatable bonds is 6. The Morgan fingerprint density at radius 2 is 2.05 bits per heavy atom. The van der Waals surface area contributed by atoms with Gasteiger partial charge in [0.05, 0.1) is 25.9 Å². The molecule has 102 valence electrons. The van der Waals surface area contributed by atoms with Crippen molar-refractivity contribution in [3.05, 3.63) is 29.8 Å². The highest BCUT2D eigenvalue weighted by Gasteiger charge is 2.39. The maximum atomic E-state index is 9.17. The van der Waals surface area contributed by atoms with Crippen molar-refractivity contribution in [2.45, 2.75) is 13.5 Å². The van der Waals surface area contributed by atoms with Crippen LogP contribution in [0.4, 0.5) is 0 Å². The van der Waals surface area contributed by atoms with Crippen molar-refractivity contribution in [2.75, 3.05) is 33.4 Å². The SMILES string of the molecule is CCOc1ccc(CN(C)CC2(C#N)COC2)cc1. The van der Waals surface area contributed by atoms with Crippen LogP contribution in [0.3, 0.4) is 0 Å². The fourth-order valence-electron chi connectivity index (χ4n) is 2.28. The third-order valence-corrected chi connectivity index (χ3v) is 3.25. The second-order valence-electron chi connectivity index (χ2n) is 5.13. The summed E-state index contributed by atoms with van der Waals surface area (Å²) < 4.78 is 10.6. The van der Waals surface area contributed by atoms with Crippen molar-refractivity contribution in [2.24, 2.45) is 5.41 Å². The van der Waals surface area contributed by atoms with Crippen LogP contribution in [-0.2, 0) is 11.3 Å². The van der Waals surface area contributed by atoms with Crippen LogP contribution in [0.15, 0.2) is 24.3 Å². The molecule has 0 N–H and O–H groups in total. The Morgan fingerprint density at radius 3 is 2.53 bits per heavy atom. The van der Waals surface area contributed by atoms with Crippen LogP contribution in [-0.4, -0.2) is 38.3 Å². The molecule has 0 saturated carbocycles. The molecule has 2 rings (SSSR count). The zero-order valence-corrected chi connectivity index (χ0v) is 11.6. The Bertz CT molecular complexity index is 446. The van der Waals surface area contributed by atoms with Gasteiger partial charge < -0.3 is 14.4 Å². The molecule has 0 aromatic heterocycles. The summed E-state index contributed by atoms with van der Waals surface area (Å²) in [6.07, 6.45) is 0. The number of nitriles is 1. The average molecular weight is 260 g/mol. The fourth-order valence-corrected chi connectivity index (χ4v) is 2.28. The first-order valence-corrected chi connectivity index (χ1v) is 6.57. The summed E-state index contributed by atoms with van der Waals surface area (Å²) >= 11 is 0. The summed E-state index contributed by atoms with van der Waals surface area (Å²) in [6.45, 7) is 5.34. The van der Waals surface area contributed by atoms with Gasteiger partial charge in [0.25, 0.3) is 0 Å². The Kier molecular flexibility index (Phi) is 4.41. The Labute approximate surface area is 114 Å². The molecule has 1 aliphatic rings. The van der Waals surface area contributed by atoms with E-state index >= 15 is 0 Å². The molecule has 4 heteroatoms. The number of hydrogen-bond acceptors (Lipinski definition) is 4. The zero-order valence-electron chi connectivity index (χ0n) is 11.6. The quantitative estimate of drug-likeness (QED) is 0.785. The monoisotopic (exact) mass is 260 g/mol. The number of ether oxygens (including phenoxy) is 2. The molecular formula is C15H20N2O2. The van der Waals surface area contributed by atoms with E-state index in [1.165, 1.54) is 5.56 Å². The molecule has 0 spiro atoms. The first-order chi connectivity index (χ1) is 9.17. The van der Waals surface area contributed by atoms with Gasteiger partial charge in [0.15, 0.2) is 0 Å². The standard InChI is InChI=1S/C15H20N2O2/c1-3-19-14-6-4-13(5-7-14)8-17(2)10-15(9-16)11-18-12-15/h4-7H,3,8,10-12H2,1-2H3. The molecule has 1 aromatic rings. The molecule has 1 heterocycles. The van der Waals surface area contributed by atoms with Gasteiger partial charge in [0.1, 0.15) is 11.2 Å². The summed E-state index contributed by atoms with van der Waals surface area (Å²) in [6, 6.07) is 10.5. The van der Waals surface area contributed by atoms with E-state index in [9.17, 15) is 5.26 Å². The zero-order chi connectivity index (χ0) is 13.7. The van der Waals surface area contributed by atoms with Crippen molar-refractivity contribution in [1.82, 2.24) is 4.90 Å². The van der Waals surface area contributed by atoms with Crippen molar-refractivity contribution >= 4 is 0 Å². The summed E-state index contributed by atoms with van der Waals surface area (Å²) in [5.74, 6) is 0.898. The van der Waals surface area contributed by atoms with Gasteiger partial charge in [-0.05, 0) is 31.7 Å². The molecule has 0 unspecified atom stereocenters. The normalized spacial score (nSPS) is 16.7. The van der Waals surface area contributed by atoms with Crippen LogP contribution in [0.25, 0.3) is 0 Å². The van der Waals surface area contributed by atoms with E-state index in [0.717, 1.165) is 18.8 Å². The predicted octanol–water partition coefficient (Wildman–Crippen LogP) is 2.06. The molecular weight excluding hydrogens is 240 g/mol. The minimum Gasteiger partial charge on any atom is -0.494 e. The maximum absolute atomic E-state index is 9.17. The minimum atomic E-state index is -0.306. The molecule has 19 heavy (non-hydrogen) atoms. The van der Waals surface area contributed by atoms with E-state index in [2.05, 4.69) is 23.1 Å². The first kappa shape index (κ1) is 13.9. The van der Waals surface area contributed by atoms with E-state index in [-0.39, 0.29) is 5.41 Å². The van der Waals surface area contributed by atoms with Gasteiger partial charge in [-0.1, -0.05) is 12.1 Å². The summed E-state index contributed by atoms with van der Waals surface area (Å²) in [5, 5.41) is 9.17. The fraction of sp³-hybridized carbons (Fsp3) is 0.533. The molecule has 1 aromatic carbocycles. The molecule has 0 aliphatic carbocycles. The van der Waals surface area contributed by atoms with Gasteiger partial charge >= 0.3 is 0 Å². The minimum absolute atomic E-state index is 0.306. The molecule has 1 aliphatic heterocycles. The molecule has 1 saturated heterocycles. The second kappa shape index (κ2) is 6.05. The van der Waals surface area contributed by atoms with Gasteiger partial charge in [-0.3, -0.25) is 0 Å². The number of benzene rings is 1. The van der Waals surface area contributed by atoms with Gasteiger partial charge in [0, 0.05) is 13.1 Å². The smallest absolute Gasteiger partial charge is 0.119 e. The van der Waals surface area contributed by atoms with Crippen LogP contribution in [0.5, 0.6) is 5.75 Å². The van der Waals surface area contributed by atoms with Crippen molar-refractivity contribution < 1.29 is 9.47 Å². The van der Waals surface area contributed by atoms with E-state index in [0.29, 0.717) is 19.8 Å². The van der Waals surface area contributed by atoms with Crippen molar-refractivity contribution in [1.29, 1.82) is 5.26 Å². The average Bonchev–Trinajstić information content (AvgIpc) is 2.37. The molecule has 0 radical (unpaired) electrons. The van der Waals surface area contributed by atoms with Crippen LogP contribution < -0.4 is 4.74 Å². The highest BCUT2D eigenvalue weighted by Crippen LogP contribution is 2.27. The largest absolute Gasteiger partial charge is 0.494 e. The van der Waals surface area contributed by atoms with E-state index in [1.807, 2.05) is 26.1 Å². The maximum Gasteiger partial charge on any atom is 0.119 e. The second-order valence-corrected chi connectivity index (χ2v) is 5.13. The lowest BCUT2D eigenvalue weighted by Gasteiger charge is -2.38. The van der Waals surface area contributed by atoms with Crippen LogP contribution >= 0.6 is 0 Å². The van der Waals surface area contributed by atoms with Crippen LogP contribution in [0.2, 0.25) is 0 Å². The van der Waals surface area contributed by atoms with Crippen LogP contribution in [0, 0.1) is 16.7 Å². The summed E-state index contributed by atoms with van der Waals surface area (Å²) in [4.78, 5) is 2.17. The van der Waals surface area contributed by atoms with Gasteiger partial charge in [-0.25, -0.2) is 0 Å². The van der Waals surface area contributed by atoms with Gasteiger partial charge in [-0.15, -0.1) is 0 Å². The Morgan fingerprint density at radius 1 is 1.37 bits per heavy atom. The van der Waals surface area contributed by atoms with Gasteiger partial charge in [0.2, 0.25) is 0 Å². The third-order valence-electron chi connectivity index (χ3n) is 3.25. The Hall–Kier alpha value is -1.57. The third kappa shape index (κ3) is 3.46. The lowest BCUT2D eigenvalue weighted by atomic mass is 9.87. The number of hydrogen-bond donors (Lipinski definition) is 0. The predicted molar refractivity (Wildman–Crippen MR) is 72.8 cm³/mol. The topological polar surface area (TPSA) is 45.5 Å². The Balaban J connectivity index is 1.88. The molecule has 0 atom stereocenters. The van der Waals surface area contributed by atoms with Crippen LogP contribution in [0.1, 0.15) is 12.5 Å². The lowest BCUT2D eigenvalue weighted by Crippen LogP contribution is -2.48. The summed E-state index contributed by atoms with van der Waals surface area (Å²) in [7, 11) is 2.04. The van der Waals surface area contributed by atoms with Crippen molar-refractivity contribution in [3.63, 3.8) is 0 Å². The van der Waals surface area contributed by atoms with E-state index < -0.39 is 0 Å². The molecule has 1 fully saturated rings. The molecule has 0 amide bonds. The highest BCUT2D eigenvalue weighted by molar-refractivity contribution is 5.27. The van der Waals surface area contributed by atoms with Gasteiger partial charge in [-0.2, -0.15) is 5.26 Å².